The van der Waals surface area contributed by atoms with E-state index >= 15 is 0 Å². The highest BCUT2D eigenvalue weighted by atomic mass is 16.5. The van der Waals surface area contributed by atoms with Crippen molar-refractivity contribution in [2.24, 2.45) is 10.9 Å². The zero-order valence-electron chi connectivity index (χ0n) is 26.6. The summed E-state index contributed by atoms with van der Waals surface area (Å²) < 4.78 is 10.8. The monoisotopic (exact) mass is 603 g/mol. The predicted octanol–water partition coefficient (Wildman–Crippen LogP) is 7.07. The number of carbonyl (C=O) groups is 2. The first-order chi connectivity index (χ1) is 21.2. The van der Waals surface area contributed by atoms with Gasteiger partial charge in [-0.3, -0.25) is 14.6 Å². The van der Waals surface area contributed by atoms with Crippen LogP contribution in [0.2, 0.25) is 0 Å². The minimum atomic E-state index is -0.434. The standard InChI is InChI=1S/C36H49N3O5/c1-4-26(9-12-32(44-25(2)40)21-31(41)11-8-27-10-13-33(42)34(19-27)43-3)18-28-23-38-24-29(28)22-36(15-6-5-7-16-36)30-14-17-39-35(37)20-30/h10,13-14,17,19-20,23,26,32,42H,4-9,11-12,15-16,18,21-22,24H2,1-3H3,(H2,37,39)/t26-,32-/m1/s1. The van der Waals surface area contributed by atoms with Crippen LogP contribution in [0.4, 0.5) is 5.82 Å². The number of aliphatic imine (C=N–C) groups is 1. The first-order valence-electron chi connectivity index (χ1n) is 16.2. The Morgan fingerprint density at radius 3 is 2.61 bits per heavy atom. The van der Waals surface area contributed by atoms with Crippen molar-refractivity contribution in [1.82, 2.24) is 4.98 Å². The fourth-order valence-corrected chi connectivity index (χ4v) is 6.95. The molecular formula is C36H49N3O5. The number of phenols is 1. The maximum Gasteiger partial charge on any atom is 0.302 e. The molecule has 1 aliphatic carbocycles. The average Bonchev–Trinajstić information content (AvgIpc) is 3.44. The Labute approximate surface area is 262 Å². The minimum absolute atomic E-state index is 0.0544. The third-order valence-corrected chi connectivity index (χ3v) is 9.45. The molecule has 1 aromatic heterocycles. The molecule has 0 radical (unpaired) electrons. The molecule has 238 valence electrons. The molecule has 2 heterocycles. The Morgan fingerprint density at radius 1 is 1.11 bits per heavy atom. The number of aromatic hydroxyl groups is 1. The van der Waals surface area contributed by atoms with Crippen LogP contribution in [0.15, 0.2) is 52.7 Å². The minimum Gasteiger partial charge on any atom is -0.504 e. The number of anilines is 1. The maximum absolute atomic E-state index is 12.9. The van der Waals surface area contributed by atoms with E-state index < -0.39 is 6.10 Å². The summed E-state index contributed by atoms with van der Waals surface area (Å²) in [6.07, 6.45) is 15.0. The van der Waals surface area contributed by atoms with Crippen molar-refractivity contribution < 1.29 is 24.2 Å². The van der Waals surface area contributed by atoms with Gasteiger partial charge in [-0.05, 0) is 103 Å². The van der Waals surface area contributed by atoms with Crippen LogP contribution in [0.1, 0.15) is 102 Å². The van der Waals surface area contributed by atoms with E-state index in [4.69, 9.17) is 20.2 Å². The molecule has 8 nitrogen and oxygen atoms in total. The van der Waals surface area contributed by atoms with Crippen LogP contribution in [0.25, 0.3) is 0 Å². The molecule has 0 amide bonds. The molecular weight excluding hydrogens is 554 g/mol. The van der Waals surface area contributed by atoms with Gasteiger partial charge in [-0.1, -0.05) is 38.7 Å². The maximum atomic E-state index is 12.9. The summed E-state index contributed by atoms with van der Waals surface area (Å²) in [6.45, 7) is 4.37. The van der Waals surface area contributed by atoms with Crippen molar-refractivity contribution >= 4 is 23.8 Å². The van der Waals surface area contributed by atoms with Gasteiger partial charge in [0, 0.05) is 32.2 Å². The molecule has 2 aliphatic rings. The molecule has 0 unspecified atom stereocenters. The highest BCUT2D eigenvalue weighted by Gasteiger charge is 2.36. The van der Waals surface area contributed by atoms with Crippen LogP contribution in [-0.4, -0.2) is 47.8 Å². The Kier molecular flexibility index (Phi) is 12.0. The van der Waals surface area contributed by atoms with Gasteiger partial charge in [0.2, 0.25) is 0 Å². The molecule has 1 aliphatic heterocycles. The zero-order chi connectivity index (χ0) is 31.5. The third kappa shape index (κ3) is 9.16. The summed E-state index contributed by atoms with van der Waals surface area (Å²) in [4.78, 5) is 33.8. The van der Waals surface area contributed by atoms with E-state index in [0.717, 1.165) is 50.6 Å². The van der Waals surface area contributed by atoms with Crippen molar-refractivity contribution in [3.8, 4) is 11.5 Å². The van der Waals surface area contributed by atoms with E-state index in [1.807, 2.05) is 6.20 Å². The molecule has 0 bridgehead atoms. The molecule has 1 fully saturated rings. The Balaban J connectivity index is 1.37. The fraction of sp³-hybridized carbons (Fsp3) is 0.556. The van der Waals surface area contributed by atoms with Crippen LogP contribution in [0.5, 0.6) is 11.5 Å². The number of allylic oxidation sites excluding steroid dienone is 1. The number of aromatic nitrogens is 1. The van der Waals surface area contributed by atoms with E-state index in [2.05, 4.69) is 30.3 Å². The second kappa shape index (κ2) is 15.9. The third-order valence-electron chi connectivity index (χ3n) is 9.45. The van der Waals surface area contributed by atoms with Crippen molar-refractivity contribution in [2.45, 2.75) is 109 Å². The number of ketones is 1. The largest absolute Gasteiger partial charge is 0.504 e. The summed E-state index contributed by atoms with van der Waals surface area (Å²) in [5, 5.41) is 9.83. The smallest absolute Gasteiger partial charge is 0.302 e. The van der Waals surface area contributed by atoms with Gasteiger partial charge in [0.25, 0.3) is 0 Å². The average molecular weight is 604 g/mol. The number of hydrogen-bond donors (Lipinski definition) is 2. The van der Waals surface area contributed by atoms with E-state index in [1.54, 1.807) is 18.2 Å². The second-order valence-corrected chi connectivity index (χ2v) is 12.6. The van der Waals surface area contributed by atoms with Crippen LogP contribution in [0.3, 0.4) is 0 Å². The van der Waals surface area contributed by atoms with Crippen LogP contribution in [-0.2, 0) is 26.2 Å². The molecule has 4 rings (SSSR count). The molecule has 2 aromatic rings. The lowest BCUT2D eigenvalue weighted by Crippen LogP contribution is -2.30. The summed E-state index contributed by atoms with van der Waals surface area (Å²) >= 11 is 0. The number of nitrogens with two attached hydrogens (primary N) is 1. The van der Waals surface area contributed by atoms with Crippen LogP contribution >= 0.6 is 0 Å². The van der Waals surface area contributed by atoms with Gasteiger partial charge in [0.05, 0.1) is 13.7 Å². The normalized spacial score (nSPS) is 17.3. The number of esters is 1. The molecule has 0 spiro atoms. The van der Waals surface area contributed by atoms with Gasteiger partial charge >= 0.3 is 5.97 Å². The number of nitrogen functional groups attached to an aromatic ring is 1. The molecule has 3 N–H and O–H groups in total. The van der Waals surface area contributed by atoms with Gasteiger partial charge in [-0.2, -0.15) is 0 Å². The summed E-state index contributed by atoms with van der Waals surface area (Å²) in [7, 11) is 1.50. The summed E-state index contributed by atoms with van der Waals surface area (Å²) in [5.41, 5.74) is 11.2. The topological polar surface area (TPSA) is 124 Å². The number of Topliss-reactive ketones (excluding diaryl/α,β-unsaturated/α-hetero) is 1. The lowest BCUT2D eigenvalue weighted by atomic mass is 9.66. The van der Waals surface area contributed by atoms with E-state index in [-0.39, 0.29) is 29.3 Å². The molecule has 0 saturated heterocycles. The lowest BCUT2D eigenvalue weighted by Gasteiger charge is -2.39. The van der Waals surface area contributed by atoms with Gasteiger partial charge in [-0.15, -0.1) is 0 Å². The highest BCUT2D eigenvalue weighted by Crippen LogP contribution is 2.45. The zero-order valence-corrected chi connectivity index (χ0v) is 26.6. The lowest BCUT2D eigenvalue weighted by molar-refractivity contribution is -0.148. The number of methoxy groups -OCH3 is 1. The predicted molar refractivity (Wildman–Crippen MR) is 174 cm³/mol. The number of carbonyl (C=O) groups excluding carboxylic acids is 2. The molecule has 2 atom stereocenters. The molecule has 44 heavy (non-hydrogen) atoms. The Morgan fingerprint density at radius 2 is 1.91 bits per heavy atom. The van der Waals surface area contributed by atoms with Gasteiger partial charge in [-0.25, -0.2) is 4.98 Å². The molecule has 1 saturated carbocycles. The van der Waals surface area contributed by atoms with Gasteiger partial charge in [0.1, 0.15) is 17.7 Å². The van der Waals surface area contributed by atoms with Crippen molar-refractivity contribution in [3.05, 3.63) is 58.8 Å². The first-order valence-corrected chi connectivity index (χ1v) is 16.2. The number of nitrogens with zero attached hydrogens (tertiary/aromatic N) is 2. The molecule has 1 aromatic carbocycles. The van der Waals surface area contributed by atoms with Gasteiger partial charge < -0.3 is 20.3 Å². The number of ether oxygens (including phenoxy) is 2. The number of phenolic OH excluding ortho intramolecular Hbond substituents is 1. The number of aryl methyl sites for hydroxylation is 1. The molecule has 8 heteroatoms. The number of hydrogen-bond acceptors (Lipinski definition) is 8. The highest BCUT2D eigenvalue weighted by molar-refractivity contribution is 5.82. The van der Waals surface area contributed by atoms with Crippen molar-refractivity contribution in [3.63, 3.8) is 0 Å². The number of rotatable bonds is 16. The number of pyridine rings is 1. The van der Waals surface area contributed by atoms with Crippen LogP contribution < -0.4 is 10.5 Å². The van der Waals surface area contributed by atoms with E-state index in [1.165, 1.54) is 50.0 Å². The Hall–Kier alpha value is -3.68. The van der Waals surface area contributed by atoms with Crippen molar-refractivity contribution in [2.75, 3.05) is 19.4 Å². The van der Waals surface area contributed by atoms with E-state index in [9.17, 15) is 14.7 Å². The SMILES string of the molecule is CC[C@H](CC[C@H](CC(=O)CCc1ccc(O)c(OC)c1)OC(C)=O)CC1=C(CC2(c3ccnc(N)c3)CCCCC2)CN=C1. The summed E-state index contributed by atoms with van der Waals surface area (Å²) in [6, 6.07) is 9.32. The fourth-order valence-electron chi connectivity index (χ4n) is 6.95. The summed E-state index contributed by atoms with van der Waals surface area (Å²) in [5.74, 6) is 1.14. The van der Waals surface area contributed by atoms with Crippen LogP contribution in [0, 0.1) is 5.92 Å². The van der Waals surface area contributed by atoms with Gasteiger partial charge in [0.15, 0.2) is 11.5 Å². The van der Waals surface area contributed by atoms with Crippen molar-refractivity contribution in [1.29, 1.82) is 0 Å². The Bertz CT molecular complexity index is 1350. The number of benzene rings is 1. The van der Waals surface area contributed by atoms with E-state index in [0.29, 0.717) is 36.7 Å². The second-order valence-electron chi connectivity index (χ2n) is 12.6. The first kappa shape index (κ1) is 33.2. The quantitative estimate of drug-likeness (QED) is 0.197.